The van der Waals surface area contributed by atoms with Gasteiger partial charge in [0.2, 0.25) is 0 Å². The zero-order chi connectivity index (χ0) is 21.2. The van der Waals surface area contributed by atoms with E-state index in [-0.39, 0.29) is 5.97 Å². The van der Waals surface area contributed by atoms with Gasteiger partial charge in [-0.25, -0.2) is 4.79 Å². The largest absolute Gasteiger partial charge is 0.462 e. The van der Waals surface area contributed by atoms with Crippen LogP contribution in [0, 0.1) is 17.8 Å². The van der Waals surface area contributed by atoms with Crippen LogP contribution in [0.5, 0.6) is 0 Å². The molecular formula is C28H44O2. The van der Waals surface area contributed by atoms with Crippen LogP contribution in [0.2, 0.25) is 0 Å². The van der Waals surface area contributed by atoms with Crippen LogP contribution < -0.4 is 0 Å². The van der Waals surface area contributed by atoms with E-state index in [1.165, 1.54) is 82.6 Å². The Morgan fingerprint density at radius 1 is 0.800 bits per heavy atom. The van der Waals surface area contributed by atoms with Gasteiger partial charge in [-0.2, -0.15) is 0 Å². The van der Waals surface area contributed by atoms with Crippen molar-refractivity contribution in [2.75, 3.05) is 6.61 Å². The molecule has 0 atom stereocenters. The summed E-state index contributed by atoms with van der Waals surface area (Å²) in [5, 5.41) is 0. The maximum atomic E-state index is 12.1. The van der Waals surface area contributed by atoms with Crippen LogP contribution >= 0.6 is 0 Å². The van der Waals surface area contributed by atoms with Crippen LogP contribution in [0.1, 0.15) is 126 Å². The lowest BCUT2D eigenvalue weighted by molar-refractivity contribution is 0.0499. The molecule has 0 heterocycles. The van der Waals surface area contributed by atoms with Gasteiger partial charge in [-0.1, -0.05) is 70.9 Å². The van der Waals surface area contributed by atoms with Crippen LogP contribution in [0.25, 0.3) is 0 Å². The SMILES string of the molecule is CCCCC[C@H]1CC[C@H](C2CCC(c3ccc(C(=O)OCCCC)cc3)CC2)CC1. The summed E-state index contributed by atoms with van der Waals surface area (Å²) in [5.74, 6) is 3.48. The van der Waals surface area contributed by atoms with Crippen molar-refractivity contribution in [2.24, 2.45) is 17.8 Å². The standard InChI is InChI=1S/C28H44O2/c1-3-5-7-8-22-9-11-23(12-10-22)24-13-15-25(16-14-24)26-17-19-27(20-18-26)28(29)30-21-6-4-2/h17-20,22-25H,3-16,21H2,1-2H3/t22-,23-,24?,25?. The first kappa shape index (κ1) is 23.4. The molecule has 2 fully saturated rings. The lowest BCUT2D eigenvalue weighted by Crippen LogP contribution is -2.25. The van der Waals surface area contributed by atoms with Crippen LogP contribution in [0.15, 0.2) is 24.3 Å². The Kier molecular flexibility index (Phi) is 9.75. The van der Waals surface area contributed by atoms with E-state index >= 15 is 0 Å². The quantitative estimate of drug-likeness (QED) is 0.285. The van der Waals surface area contributed by atoms with Gasteiger partial charge in [0.25, 0.3) is 0 Å². The summed E-state index contributed by atoms with van der Waals surface area (Å²) in [5.41, 5.74) is 2.11. The molecule has 2 saturated carbocycles. The van der Waals surface area contributed by atoms with E-state index in [2.05, 4.69) is 26.0 Å². The van der Waals surface area contributed by atoms with Gasteiger partial charge < -0.3 is 4.74 Å². The number of hydrogen-bond donors (Lipinski definition) is 0. The molecule has 0 saturated heterocycles. The van der Waals surface area contributed by atoms with Gasteiger partial charge in [0.1, 0.15) is 0 Å². The molecule has 168 valence electrons. The number of rotatable bonds is 10. The van der Waals surface area contributed by atoms with Crippen molar-refractivity contribution < 1.29 is 9.53 Å². The van der Waals surface area contributed by atoms with Crippen molar-refractivity contribution in [2.45, 2.75) is 110 Å². The number of benzene rings is 1. The molecule has 2 nitrogen and oxygen atoms in total. The summed E-state index contributed by atoms with van der Waals surface area (Å²) >= 11 is 0. The maximum Gasteiger partial charge on any atom is 0.338 e. The molecule has 0 bridgehead atoms. The van der Waals surface area contributed by atoms with Gasteiger partial charge in [0.15, 0.2) is 0 Å². The first-order chi connectivity index (χ1) is 14.7. The van der Waals surface area contributed by atoms with Crippen LogP contribution in [-0.2, 0) is 4.74 Å². The highest BCUT2D eigenvalue weighted by Gasteiger charge is 2.31. The highest BCUT2D eigenvalue weighted by molar-refractivity contribution is 5.89. The van der Waals surface area contributed by atoms with E-state index in [0.717, 1.165) is 30.6 Å². The first-order valence-electron chi connectivity index (χ1n) is 13.0. The summed E-state index contributed by atoms with van der Waals surface area (Å²) in [6, 6.07) is 8.27. The van der Waals surface area contributed by atoms with Crippen LogP contribution in [0.4, 0.5) is 0 Å². The average Bonchev–Trinajstić information content (AvgIpc) is 2.80. The third-order valence-electron chi connectivity index (χ3n) is 7.89. The van der Waals surface area contributed by atoms with E-state index in [1.807, 2.05) is 12.1 Å². The molecule has 2 heteroatoms. The highest BCUT2D eigenvalue weighted by Crippen LogP contribution is 2.44. The number of ether oxygens (including phenoxy) is 1. The van der Waals surface area contributed by atoms with E-state index in [9.17, 15) is 4.79 Å². The van der Waals surface area contributed by atoms with E-state index in [0.29, 0.717) is 18.1 Å². The lowest BCUT2D eigenvalue weighted by atomic mass is 9.68. The number of carbonyl (C=O) groups is 1. The van der Waals surface area contributed by atoms with Gasteiger partial charge in [-0.05, 0) is 86.3 Å². The summed E-state index contributed by atoms with van der Waals surface area (Å²) in [4.78, 5) is 12.1. The van der Waals surface area contributed by atoms with Crippen molar-refractivity contribution in [1.29, 1.82) is 0 Å². The fourth-order valence-corrected chi connectivity index (χ4v) is 5.84. The molecule has 0 spiro atoms. The fraction of sp³-hybridized carbons (Fsp3) is 0.750. The minimum atomic E-state index is -0.177. The summed E-state index contributed by atoms with van der Waals surface area (Å²) in [7, 11) is 0. The van der Waals surface area contributed by atoms with E-state index < -0.39 is 0 Å². The van der Waals surface area contributed by atoms with Gasteiger partial charge >= 0.3 is 5.97 Å². The predicted octanol–water partition coefficient (Wildman–Crippen LogP) is 8.30. The fourth-order valence-electron chi connectivity index (χ4n) is 5.84. The summed E-state index contributed by atoms with van der Waals surface area (Å²) in [6.45, 7) is 4.95. The van der Waals surface area contributed by atoms with E-state index in [4.69, 9.17) is 4.74 Å². The Hall–Kier alpha value is -1.31. The minimum absolute atomic E-state index is 0.177. The summed E-state index contributed by atoms with van der Waals surface area (Å²) in [6.07, 6.45) is 19.1. The Morgan fingerprint density at radius 2 is 1.40 bits per heavy atom. The second-order valence-corrected chi connectivity index (χ2v) is 10.00. The lowest BCUT2D eigenvalue weighted by Gasteiger charge is -2.38. The number of carbonyl (C=O) groups excluding carboxylic acids is 1. The molecule has 0 aliphatic heterocycles. The zero-order valence-corrected chi connectivity index (χ0v) is 19.5. The van der Waals surface area contributed by atoms with E-state index in [1.54, 1.807) is 0 Å². The first-order valence-corrected chi connectivity index (χ1v) is 13.0. The van der Waals surface area contributed by atoms with Crippen molar-refractivity contribution in [3.63, 3.8) is 0 Å². The molecule has 2 aliphatic carbocycles. The summed E-state index contributed by atoms with van der Waals surface area (Å²) < 4.78 is 5.33. The van der Waals surface area contributed by atoms with Crippen molar-refractivity contribution >= 4 is 5.97 Å². The molecule has 1 aromatic carbocycles. The average molecular weight is 413 g/mol. The molecule has 0 amide bonds. The Balaban J connectivity index is 1.40. The van der Waals surface area contributed by atoms with Crippen LogP contribution in [-0.4, -0.2) is 12.6 Å². The Morgan fingerprint density at radius 3 is 2.00 bits per heavy atom. The van der Waals surface area contributed by atoms with Gasteiger partial charge in [0.05, 0.1) is 12.2 Å². The molecular weight excluding hydrogens is 368 g/mol. The second kappa shape index (κ2) is 12.5. The number of esters is 1. The van der Waals surface area contributed by atoms with Crippen LogP contribution in [0.3, 0.4) is 0 Å². The van der Waals surface area contributed by atoms with Crippen molar-refractivity contribution in [1.82, 2.24) is 0 Å². The normalized spacial score (nSPS) is 27.0. The third kappa shape index (κ3) is 6.86. The molecule has 3 rings (SSSR count). The zero-order valence-electron chi connectivity index (χ0n) is 19.5. The molecule has 0 radical (unpaired) electrons. The minimum Gasteiger partial charge on any atom is -0.462 e. The van der Waals surface area contributed by atoms with Crippen molar-refractivity contribution in [3.05, 3.63) is 35.4 Å². The third-order valence-corrected chi connectivity index (χ3v) is 7.89. The molecule has 0 unspecified atom stereocenters. The smallest absolute Gasteiger partial charge is 0.338 e. The Bertz CT molecular complexity index is 604. The topological polar surface area (TPSA) is 26.3 Å². The molecule has 30 heavy (non-hydrogen) atoms. The number of hydrogen-bond acceptors (Lipinski definition) is 2. The van der Waals surface area contributed by atoms with Crippen molar-refractivity contribution in [3.8, 4) is 0 Å². The monoisotopic (exact) mass is 412 g/mol. The predicted molar refractivity (Wildman–Crippen MR) is 126 cm³/mol. The van der Waals surface area contributed by atoms with Gasteiger partial charge in [0, 0.05) is 0 Å². The van der Waals surface area contributed by atoms with Gasteiger partial charge in [-0.3, -0.25) is 0 Å². The molecule has 2 aliphatic rings. The molecule has 1 aromatic rings. The molecule has 0 N–H and O–H groups in total. The van der Waals surface area contributed by atoms with Gasteiger partial charge in [-0.15, -0.1) is 0 Å². The Labute approximate surface area is 185 Å². The number of unbranched alkanes of at least 4 members (excludes halogenated alkanes) is 3. The maximum absolute atomic E-state index is 12.1. The second-order valence-electron chi connectivity index (χ2n) is 10.00. The highest BCUT2D eigenvalue weighted by atomic mass is 16.5. The molecule has 0 aromatic heterocycles.